The number of alkyl halides is 3. The van der Waals surface area contributed by atoms with Crippen molar-refractivity contribution in [1.29, 1.82) is 0 Å². The van der Waals surface area contributed by atoms with Gasteiger partial charge in [0.1, 0.15) is 11.4 Å². The monoisotopic (exact) mass is 413 g/mol. The highest BCUT2D eigenvalue weighted by atomic mass is 32.1. The van der Waals surface area contributed by atoms with Gasteiger partial charge < -0.3 is 10.3 Å². The summed E-state index contributed by atoms with van der Waals surface area (Å²) in [6.07, 6.45) is -3.86. The molecule has 0 saturated carbocycles. The summed E-state index contributed by atoms with van der Waals surface area (Å²) in [6, 6.07) is 6.36. The molecule has 2 N–H and O–H groups in total. The van der Waals surface area contributed by atoms with E-state index in [1.165, 1.54) is 23.5 Å². The van der Waals surface area contributed by atoms with Gasteiger partial charge in [-0.1, -0.05) is 19.1 Å². The van der Waals surface area contributed by atoms with Gasteiger partial charge in [-0.15, -0.1) is 11.3 Å². The van der Waals surface area contributed by atoms with Crippen molar-refractivity contribution in [3.8, 4) is 0 Å². The fourth-order valence-corrected chi connectivity index (χ4v) is 3.89. The van der Waals surface area contributed by atoms with Gasteiger partial charge in [0.25, 0.3) is 5.56 Å². The average molecular weight is 413 g/mol. The van der Waals surface area contributed by atoms with E-state index in [9.17, 15) is 22.8 Å². The van der Waals surface area contributed by atoms with Crippen molar-refractivity contribution in [2.24, 2.45) is 0 Å². The second-order valence-electron chi connectivity index (χ2n) is 5.72. The Morgan fingerprint density at radius 2 is 2.04 bits per heavy atom. The van der Waals surface area contributed by atoms with Gasteiger partial charge in [0.05, 0.1) is 16.6 Å². The molecule has 0 bridgehead atoms. The number of thiophene rings is 1. The highest BCUT2D eigenvalue weighted by Crippen LogP contribution is 2.34. The van der Waals surface area contributed by atoms with E-state index < -0.39 is 29.8 Å². The molecule has 0 aliphatic heterocycles. The van der Waals surface area contributed by atoms with E-state index in [0.29, 0.717) is 10.2 Å². The van der Waals surface area contributed by atoms with Gasteiger partial charge in [0.2, 0.25) is 5.91 Å². The number of aryl methyl sites for hydroxylation is 1. The highest BCUT2D eigenvalue weighted by molar-refractivity contribution is 7.71. The first-order valence-electron chi connectivity index (χ1n) is 7.92. The minimum Gasteiger partial charge on any atom is -0.324 e. The molecule has 3 aromatic rings. The number of H-pyrrole nitrogens is 1. The summed E-state index contributed by atoms with van der Waals surface area (Å²) in [7, 11) is 0. The first-order chi connectivity index (χ1) is 12.7. The van der Waals surface area contributed by atoms with Crippen molar-refractivity contribution < 1.29 is 18.0 Å². The number of fused-ring (bicyclic) bond motifs is 1. The number of carbonyl (C=O) groups is 1. The Morgan fingerprint density at radius 3 is 2.70 bits per heavy atom. The number of nitrogens with zero attached hydrogens (tertiary/aromatic N) is 1. The summed E-state index contributed by atoms with van der Waals surface area (Å²) < 4.78 is 40.2. The second kappa shape index (κ2) is 7.28. The molecule has 1 amide bonds. The number of halogens is 3. The van der Waals surface area contributed by atoms with Gasteiger partial charge in [0.15, 0.2) is 4.77 Å². The number of anilines is 1. The quantitative estimate of drug-likeness (QED) is 0.626. The molecular formula is C17H14F3N3O2S2. The zero-order valence-electron chi connectivity index (χ0n) is 14.0. The molecule has 2 heterocycles. The van der Waals surface area contributed by atoms with E-state index >= 15 is 0 Å². The van der Waals surface area contributed by atoms with Crippen molar-refractivity contribution in [3.05, 3.63) is 55.9 Å². The molecule has 3 rings (SSSR count). The lowest BCUT2D eigenvalue weighted by molar-refractivity contribution is -0.137. The number of aromatic nitrogens is 2. The van der Waals surface area contributed by atoms with Crippen LogP contribution in [0, 0.1) is 4.77 Å². The fraction of sp³-hybridized carbons (Fsp3) is 0.235. The minimum atomic E-state index is -4.61. The molecule has 0 spiro atoms. The third-order valence-corrected chi connectivity index (χ3v) is 5.40. The molecule has 1 aromatic carbocycles. The van der Waals surface area contributed by atoms with Crippen LogP contribution < -0.4 is 10.9 Å². The van der Waals surface area contributed by atoms with E-state index in [4.69, 9.17) is 12.2 Å². The predicted octanol–water partition coefficient (Wildman–Crippen LogP) is 4.34. The van der Waals surface area contributed by atoms with Gasteiger partial charge in [-0.05, 0) is 36.8 Å². The predicted molar refractivity (Wildman–Crippen MR) is 101 cm³/mol. The number of nitrogens with one attached hydrogen (secondary N) is 2. The van der Waals surface area contributed by atoms with Crippen molar-refractivity contribution in [1.82, 2.24) is 9.55 Å². The number of benzene rings is 1. The van der Waals surface area contributed by atoms with E-state index in [-0.39, 0.29) is 10.5 Å². The zero-order chi connectivity index (χ0) is 19.8. The lowest BCUT2D eigenvalue weighted by Gasteiger charge is -2.14. The number of rotatable bonds is 4. The molecular weight excluding hydrogens is 399 g/mol. The molecule has 0 unspecified atom stereocenters. The van der Waals surface area contributed by atoms with Gasteiger partial charge in [-0.3, -0.25) is 14.2 Å². The molecule has 0 saturated heterocycles. The molecule has 0 aliphatic carbocycles. The zero-order valence-corrected chi connectivity index (χ0v) is 15.6. The van der Waals surface area contributed by atoms with Crippen molar-refractivity contribution >= 4 is 45.4 Å². The van der Waals surface area contributed by atoms with Crippen molar-refractivity contribution in [2.45, 2.75) is 26.1 Å². The van der Waals surface area contributed by atoms with Crippen LogP contribution in [0.5, 0.6) is 0 Å². The number of hydrogen-bond donors (Lipinski definition) is 2. The van der Waals surface area contributed by atoms with Gasteiger partial charge in [-0.2, -0.15) is 13.2 Å². The maximum Gasteiger partial charge on any atom is 0.418 e. The molecule has 0 fully saturated rings. The largest absolute Gasteiger partial charge is 0.418 e. The number of aromatic amines is 1. The van der Waals surface area contributed by atoms with E-state index in [1.54, 1.807) is 6.07 Å². The topological polar surface area (TPSA) is 66.9 Å². The minimum absolute atomic E-state index is 0.0382. The van der Waals surface area contributed by atoms with Crippen LogP contribution in [0.25, 0.3) is 10.2 Å². The van der Waals surface area contributed by atoms with Crippen LogP contribution in [0.2, 0.25) is 0 Å². The van der Waals surface area contributed by atoms with Crippen molar-refractivity contribution in [3.63, 3.8) is 0 Å². The van der Waals surface area contributed by atoms with Crippen LogP contribution in [-0.4, -0.2) is 15.5 Å². The molecule has 142 valence electrons. The fourth-order valence-electron chi connectivity index (χ4n) is 2.59. The average Bonchev–Trinajstić information content (AvgIpc) is 3.01. The molecule has 0 radical (unpaired) electrons. The number of amides is 1. The number of hydrogen-bond acceptors (Lipinski definition) is 4. The Hall–Kier alpha value is -2.46. The molecule has 5 nitrogen and oxygen atoms in total. The Bertz CT molecular complexity index is 1130. The maximum absolute atomic E-state index is 13.0. The van der Waals surface area contributed by atoms with Crippen molar-refractivity contribution in [2.75, 3.05) is 5.32 Å². The van der Waals surface area contributed by atoms with Crippen LogP contribution >= 0.6 is 23.6 Å². The molecule has 27 heavy (non-hydrogen) atoms. The van der Waals surface area contributed by atoms with Crippen LogP contribution in [0.1, 0.15) is 17.4 Å². The smallest absolute Gasteiger partial charge is 0.324 e. The number of carbonyl (C=O) groups excluding carboxylic acids is 1. The van der Waals surface area contributed by atoms with E-state index in [1.807, 2.05) is 6.92 Å². The van der Waals surface area contributed by atoms with Gasteiger partial charge in [-0.25, -0.2) is 0 Å². The van der Waals surface area contributed by atoms with Crippen LogP contribution in [0.4, 0.5) is 18.9 Å². The van der Waals surface area contributed by atoms with Gasteiger partial charge in [0, 0.05) is 4.88 Å². The molecule has 0 aliphatic rings. The third-order valence-electron chi connectivity index (χ3n) is 3.88. The number of para-hydroxylation sites is 1. The SMILES string of the molecule is CCc1cc2c(=O)n(CC(=O)Nc3ccccc3C(F)(F)F)c(=S)[nH]c2s1. The first-order valence-corrected chi connectivity index (χ1v) is 9.14. The Balaban J connectivity index is 1.92. The van der Waals surface area contributed by atoms with E-state index in [2.05, 4.69) is 10.3 Å². The Morgan fingerprint density at radius 1 is 1.33 bits per heavy atom. The molecule has 10 heteroatoms. The lowest BCUT2D eigenvalue weighted by atomic mass is 10.1. The molecule has 2 aromatic heterocycles. The summed E-state index contributed by atoms with van der Waals surface area (Å²) in [5, 5.41) is 2.61. The van der Waals surface area contributed by atoms with E-state index in [0.717, 1.165) is 28.0 Å². The second-order valence-corrected chi connectivity index (χ2v) is 7.25. The van der Waals surface area contributed by atoms with Crippen LogP contribution in [0.3, 0.4) is 0 Å². The lowest BCUT2D eigenvalue weighted by Crippen LogP contribution is -2.29. The van der Waals surface area contributed by atoms with Crippen LogP contribution in [-0.2, 0) is 23.9 Å². The summed E-state index contributed by atoms with van der Waals surface area (Å²) in [4.78, 5) is 29.4. The summed E-state index contributed by atoms with van der Waals surface area (Å²) in [5.74, 6) is -0.779. The normalized spacial score (nSPS) is 11.7. The summed E-state index contributed by atoms with van der Waals surface area (Å²) in [6.45, 7) is 1.46. The molecule has 0 atom stereocenters. The highest BCUT2D eigenvalue weighted by Gasteiger charge is 2.33. The first kappa shape index (κ1) is 19.3. The third kappa shape index (κ3) is 3.96. The Kier molecular flexibility index (Phi) is 5.20. The Labute approximate surface area is 160 Å². The summed E-state index contributed by atoms with van der Waals surface area (Å²) in [5.41, 5.74) is -1.79. The maximum atomic E-state index is 13.0. The summed E-state index contributed by atoms with van der Waals surface area (Å²) >= 11 is 6.53. The van der Waals surface area contributed by atoms with Crippen LogP contribution in [0.15, 0.2) is 35.1 Å². The van der Waals surface area contributed by atoms with Gasteiger partial charge >= 0.3 is 6.18 Å². The standard InChI is InChI=1S/C17H14F3N3O2S2/c1-2-9-7-10-14(27-9)22-16(26)23(15(10)25)8-13(24)21-12-6-4-3-5-11(12)17(18,19)20/h3-7H,2,8H2,1H3,(H,21,24)(H,22,26).